The van der Waals surface area contributed by atoms with Crippen LogP contribution in [0.15, 0.2) is 22.8 Å². The zero-order chi connectivity index (χ0) is 6.27. The van der Waals surface area contributed by atoms with Crippen molar-refractivity contribution >= 4 is 11.1 Å². The average molecular weight is 123 g/mol. The lowest BCUT2D eigenvalue weighted by atomic mass is 10.5. The molecular weight excluding hydrogens is 118 g/mol. The van der Waals surface area contributed by atoms with Crippen LogP contribution in [0.4, 0.5) is 0 Å². The number of aromatic hydroxyl groups is 1. The van der Waals surface area contributed by atoms with Crippen LogP contribution >= 0.6 is 0 Å². The Morgan fingerprint density at radius 2 is 2.44 bits per heavy atom. The summed E-state index contributed by atoms with van der Waals surface area (Å²) < 4.78 is 4.95. The predicted molar refractivity (Wildman–Crippen MR) is 32.2 cm³/mol. The van der Waals surface area contributed by atoms with Gasteiger partial charge in [0.15, 0.2) is 11.5 Å². The van der Waals surface area contributed by atoms with E-state index in [2.05, 4.69) is 4.98 Å². The third-order valence-corrected chi connectivity index (χ3v) is 1.23. The quantitative estimate of drug-likeness (QED) is 0.557. The number of furan rings is 1. The molecule has 0 saturated carbocycles. The van der Waals surface area contributed by atoms with Crippen molar-refractivity contribution in [2.75, 3.05) is 0 Å². The lowest BCUT2D eigenvalue weighted by Crippen LogP contribution is -1.56. The third-order valence-electron chi connectivity index (χ3n) is 1.23. The fourth-order valence-electron chi connectivity index (χ4n) is 0.834. The molecule has 46 valence electrons. The first-order valence-electron chi connectivity index (χ1n) is 2.61. The highest BCUT2D eigenvalue weighted by molar-refractivity contribution is 5.74. The van der Waals surface area contributed by atoms with Gasteiger partial charge in [0.2, 0.25) is 0 Å². The van der Waals surface area contributed by atoms with E-state index in [4.69, 9.17) is 9.52 Å². The molecule has 0 fully saturated rings. The second-order valence-electron chi connectivity index (χ2n) is 1.85. The van der Waals surface area contributed by atoms with E-state index in [1.807, 2.05) is 0 Å². The number of hydrogen-bond donors (Lipinski definition) is 2. The van der Waals surface area contributed by atoms with Gasteiger partial charge >= 0.3 is 0 Å². The molecule has 0 aromatic carbocycles. The Labute approximate surface area is 50.9 Å². The van der Waals surface area contributed by atoms with Crippen molar-refractivity contribution in [1.82, 2.24) is 4.98 Å². The molecule has 3 heteroatoms. The number of rotatable bonds is 0. The Morgan fingerprint density at radius 3 is 3.22 bits per heavy atom. The number of aromatic nitrogens is 1. The van der Waals surface area contributed by atoms with Crippen LogP contribution in [-0.4, -0.2) is 10.1 Å². The standard InChI is InChI=1S/C6H5NO2/c8-6-3-5-4(7-6)1-2-9-5/h1-3,7-8H. The molecule has 2 aromatic rings. The van der Waals surface area contributed by atoms with Gasteiger partial charge in [-0.25, -0.2) is 0 Å². The zero-order valence-corrected chi connectivity index (χ0v) is 4.59. The minimum atomic E-state index is 0.143. The molecule has 0 atom stereocenters. The Bertz CT molecular complexity index is 292. The van der Waals surface area contributed by atoms with E-state index < -0.39 is 0 Å². The molecule has 0 aliphatic heterocycles. The molecule has 0 amide bonds. The molecule has 2 N–H and O–H groups in total. The van der Waals surface area contributed by atoms with Gasteiger partial charge in [0, 0.05) is 12.1 Å². The summed E-state index contributed by atoms with van der Waals surface area (Å²) in [6, 6.07) is 3.30. The van der Waals surface area contributed by atoms with Gasteiger partial charge in [-0.1, -0.05) is 0 Å². The fraction of sp³-hybridized carbons (Fsp3) is 0. The van der Waals surface area contributed by atoms with Gasteiger partial charge in [-0.15, -0.1) is 0 Å². The van der Waals surface area contributed by atoms with E-state index >= 15 is 0 Å². The second-order valence-corrected chi connectivity index (χ2v) is 1.85. The molecule has 0 radical (unpaired) electrons. The van der Waals surface area contributed by atoms with Crippen LogP contribution in [0.3, 0.4) is 0 Å². The monoisotopic (exact) mass is 123 g/mol. The first-order valence-corrected chi connectivity index (χ1v) is 2.61. The maximum absolute atomic E-state index is 8.83. The molecule has 0 aliphatic carbocycles. The van der Waals surface area contributed by atoms with Gasteiger partial charge in [0.05, 0.1) is 11.8 Å². The molecule has 9 heavy (non-hydrogen) atoms. The molecule has 0 spiro atoms. The van der Waals surface area contributed by atoms with Crippen molar-refractivity contribution in [1.29, 1.82) is 0 Å². The van der Waals surface area contributed by atoms with E-state index in [0.29, 0.717) is 5.58 Å². The molecule has 2 aromatic heterocycles. The highest BCUT2D eigenvalue weighted by Crippen LogP contribution is 2.18. The van der Waals surface area contributed by atoms with Crippen molar-refractivity contribution in [2.45, 2.75) is 0 Å². The van der Waals surface area contributed by atoms with Crippen LogP contribution in [0.25, 0.3) is 11.1 Å². The smallest absolute Gasteiger partial charge is 0.192 e. The van der Waals surface area contributed by atoms with Crippen molar-refractivity contribution in [2.24, 2.45) is 0 Å². The Balaban J connectivity index is 2.92. The minimum absolute atomic E-state index is 0.143. The number of nitrogens with one attached hydrogen (secondary N) is 1. The van der Waals surface area contributed by atoms with Crippen molar-refractivity contribution in [3.63, 3.8) is 0 Å². The minimum Gasteiger partial charge on any atom is -0.494 e. The summed E-state index contributed by atoms with van der Waals surface area (Å²) in [4.78, 5) is 2.70. The highest BCUT2D eigenvalue weighted by atomic mass is 16.3. The van der Waals surface area contributed by atoms with Gasteiger partial charge in [0.25, 0.3) is 0 Å². The summed E-state index contributed by atoms with van der Waals surface area (Å²) in [7, 11) is 0. The molecule has 2 rings (SSSR count). The molecule has 0 saturated heterocycles. The SMILES string of the molecule is Oc1cc2occc2[nH]1. The topological polar surface area (TPSA) is 49.2 Å². The highest BCUT2D eigenvalue weighted by Gasteiger charge is 1.98. The van der Waals surface area contributed by atoms with E-state index in [-0.39, 0.29) is 5.88 Å². The summed E-state index contributed by atoms with van der Waals surface area (Å²) in [5, 5.41) is 8.83. The number of fused-ring (bicyclic) bond motifs is 1. The van der Waals surface area contributed by atoms with Gasteiger partial charge in [-0.2, -0.15) is 0 Å². The summed E-state index contributed by atoms with van der Waals surface area (Å²) in [6.45, 7) is 0. The van der Waals surface area contributed by atoms with E-state index in [0.717, 1.165) is 5.52 Å². The molecule has 2 heterocycles. The maximum atomic E-state index is 8.83. The summed E-state index contributed by atoms with van der Waals surface area (Å²) in [5.41, 5.74) is 1.51. The number of aromatic amines is 1. The summed E-state index contributed by atoms with van der Waals surface area (Å²) in [6.07, 6.45) is 1.57. The normalized spacial score (nSPS) is 10.7. The third kappa shape index (κ3) is 0.512. The van der Waals surface area contributed by atoms with Crippen LogP contribution in [0.2, 0.25) is 0 Å². The predicted octanol–water partition coefficient (Wildman–Crippen LogP) is 1.47. The maximum Gasteiger partial charge on any atom is 0.192 e. The zero-order valence-electron chi connectivity index (χ0n) is 4.59. The first-order chi connectivity index (χ1) is 4.36. The molecule has 0 aliphatic rings. The van der Waals surface area contributed by atoms with Gasteiger partial charge in [-0.3, -0.25) is 0 Å². The van der Waals surface area contributed by atoms with Crippen LogP contribution in [-0.2, 0) is 0 Å². The summed E-state index contributed by atoms with van der Waals surface area (Å²) in [5.74, 6) is 0.143. The number of H-pyrrole nitrogens is 1. The molecule has 3 nitrogen and oxygen atoms in total. The van der Waals surface area contributed by atoms with Crippen molar-refractivity contribution in [3.05, 3.63) is 18.4 Å². The van der Waals surface area contributed by atoms with E-state index in [1.165, 1.54) is 6.07 Å². The van der Waals surface area contributed by atoms with Crippen LogP contribution in [0, 0.1) is 0 Å². The Kier molecular flexibility index (Phi) is 0.656. The van der Waals surface area contributed by atoms with E-state index in [9.17, 15) is 0 Å². The Hall–Kier alpha value is -1.38. The van der Waals surface area contributed by atoms with Crippen LogP contribution in [0.5, 0.6) is 5.88 Å². The lowest BCUT2D eigenvalue weighted by molar-refractivity contribution is 0.457. The molecule has 0 unspecified atom stereocenters. The lowest BCUT2D eigenvalue weighted by Gasteiger charge is -1.74. The molecule has 0 bridgehead atoms. The van der Waals surface area contributed by atoms with E-state index in [1.54, 1.807) is 12.3 Å². The van der Waals surface area contributed by atoms with Gasteiger partial charge in [-0.05, 0) is 0 Å². The fourth-order valence-corrected chi connectivity index (χ4v) is 0.834. The van der Waals surface area contributed by atoms with Crippen LogP contribution in [0.1, 0.15) is 0 Å². The Morgan fingerprint density at radius 1 is 1.56 bits per heavy atom. The first kappa shape index (κ1) is 4.49. The van der Waals surface area contributed by atoms with Crippen molar-refractivity contribution < 1.29 is 9.52 Å². The van der Waals surface area contributed by atoms with Crippen LogP contribution < -0.4 is 0 Å². The largest absolute Gasteiger partial charge is 0.494 e. The van der Waals surface area contributed by atoms with Gasteiger partial charge in [0.1, 0.15) is 0 Å². The summed E-state index contributed by atoms with van der Waals surface area (Å²) >= 11 is 0. The second kappa shape index (κ2) is 1.31. The molecular formula is C6H5NO2. The average Bonchev–Trinajstić information content (AvgIpc) is 2.22. The van der Waals surface area contributed by atoms with Crippen molar-refractivity contribution in [3.8, 4) is 5.88 Å². The number of hydrogen-bond acceptors (Lipinski definition) is 2. The van der Waals surface area contributed by atoms with Gasteiger partial charge < -0.3 is 14.5 Å².